The molecule has 2 rings (SSSR count). The van der Waals surface area contributed by atoms with Crippen molar-refractivity contribution in [1.82, 2.24) is 24.9 Å². The maximum Gasteiger partial charge on any atom is 0.271 e. The smallest absolute Gasteiger partial charge is 0.271 e. The standard InChI is InChI=1S/C16H23BrN6O2/c1-5-13(23-9-11(17)7-20-23)15(24)21-12-8-19-22(4)14(12)16(25)18-6-10(2)3/h7-10,13H,5-6H2,1-4H3,(H,18,25)(H,21,24). The summed E-state index contributed by atoms with van der Waals surface area (Å²) in [5.41, 5.74) is 0.712. The fraction of sp³-hybridized carbons (Fsp3) is 0.500. The number of aryl methyl sites for hydroxylation is 1. The molecule has 2 heterocycles. The van der Waals surface area contributed by atoms with Crippen LogP contribution in [0.4, 0.5) is 5.69 Å². The average Bonchev–Trinajstić information content (AvgIpc) is 3.12. The van der Waals surface area contributed by atoms with E-state index in [1.807, 2.05) is 20.8 Å². The molecule has 0 radical (unpaired) electrons. The van der Waals surface area contributed by atoms with Crippen LogP contribution in [0.15, 0.2) is 23.1 Å². The minimum atomic E-state index is -0.474. The van der Waals surface area contributed by atoms with E-state index in [-0.39, 0.29) is 11.8 Å². The summed E-state index contributed by atoms with van der Waals surface area (Å²) in [6.45, 7) is 6.48. The Morgan fingerprint density at radius 2 is 2.00 bits per heavy atom. The van der Waals surface area contributed by atoms with Crippen LogP contribution in [0.3, 0.4) is 0 Å². The molecule has 9 heteroatoms. The van der Waals surface area contributed by atoms with Crippen molar-refractivity contribution in [3.8, 4) is 0 Å². The van der Waals surface area contributed by atoms with Crippen LogP contribution in [0.25, 0.3) is 0 Å². The normalized spacial score (nSPS) is 12.2. The second-order valence-corrected chi connectivity index (χ2v) is 7.10. The van der Waals surface area contributed by atoms with Gasteiger partial charge in [-0.2, -0.15) is 10.2 Å². The van der Waals surface area contributed by atoms with Crippen LogP contribution >= 0.6 is 15.9 Å². The number of amides is 2. The number of nitrogens with one attached hydrogen (secondary N) is 2. The highest BCUT2D eigenvalue weighted by molar-refractivity contribution is 9.10. The Labute approximate surface area is 155 Å². The summed E-state index contributed by atoms with van der Waals surface area (Å²) in [5, 5.41) is 13.9. The molecule has 0 bridgehead atoms. The third-order valence-electron chi connectivity index (χ3n) is 3.66. The van der Waals surface area contributed by atoms with E-state index in [0.717, 1.165) is 4.47 Å². The highest BCUT2D eigenvalue weighted by Gasteiger charge is 2.24. The van der Waals surface area contributed by atoms with Crippen molar-refractivity contribution in [3.63, 3.8) is 0 Å². The quantitative estimate of drug-likeness (QED) is 0.732. The highest BCUT2D eigenvalue weighted by atomic mass is 79.9. The predicted octanol–water partition coefficient (Wildman–Crippen LogP) is 2.35. The lowest BCUT2D eigenvalue weighted by molar-refractivity contribution is -0.119. The first-order valence-corrected chi connectivity index (χ1v) is 8.93. The van der Waals surface area contributed by atoms with E-state index in [1.165, 1.54) is 10.9 Å². The minimum absolute atomic E-state index is 0.246. The minimum Gasteiger partial charge on any atom is -0.350 e. The van der Waals surface area contributed by atoms with Crippen molar-refractivity contribution in [2.24, 2.45) is 13.0 Å². The van der Waals surface area contributed by atoms with Gasteiger partial charge in [0.1, 0.15) is 11.7 Å². The van der Waals surface area contributed by atoms with Gasteiger partial charge in [-0.05, 0) is 28.3 Å². The number of hydrogen-bond acceptors (Lipinski definition) is 4. The molecular formula is C16H23BrN6O2. The molecule has 0 saturated carbocycles. The van der Waals surface area contributed by atoms with E-state index in [0.29, 0.717) is 30.3 Å². The zero-order chi connectivity index (χ0) is 18.6. The van der Waals surface area contributed by atoms with Gasteiger partial charge in [-0.1, -0.05) is 20.8 Å². The molecule has 0 aliphatic heterocycles. The molecule has 0 fully saturated rings. The van der Waals surface area contributed by atoms with Crippen molar-refractivity contribution in [1.29, 1.82) is 0 Å². The largest absolute Gasteiger partial charge is 0.350 e. The summed E-state index contributed by atoms with van der Waals surface area (Å²) >= 11 is 3.33. The summed E-state index contributed by atoms with van der Waals surface area (Å²) in [6, 6.07) is -0.474. The Kier molecular flexibility index (Phi) is 6.35. The predicted molar refractivity (Wildman–Crippen MR) is 98.3 cm³/mol. The average molecular weight is 411 g/mol. The molecule has 8 nitrogen and oxygen atoms in total. The van der Waals surface area contributed by atoms with Gasteiger partial charge in [0, 0.05) is 19.8 Å². The molecule has 1 atom stereocenters. The number of anilines is 1. The van der Waals surface area contributed by atoms with Crippen LogP contribution in [-0.4, -0.2) is 37.9 Å². The van der Waals surface area contributed by atoms with Crippen LogP contribution in [-0.2, 0) is 11.8 Å². The summed E-state index contributed by atoms with van der Waals surface area (Å²) in [5.74, 6) is -0.180. The molecule has 2 aromatic rings. The summed E-state index contributed by atoms with van der Waals surface area (Å²) in [6.07, 6.45) is 5.42. The van der Waals surface area contributed by atoms with Crippen molar-refractivity contribution in [2.75, 3.05) is 11.9 Å². The first-order valence-electron chi connectivity index (χ1n) is 8.14. The third-order valence-corrected chi connectivity index (χ3v) is 4.07. The SMILES string of the molecule is CCC(C(=O)Nc1cnn(C)c1C(=O)NCC(C)C)n1cc(Br)cn1. The summed E-state index contributed by atoms with van der Waals surface area (Å²) in [7, 11) is 1.67. The van der Waals surface area contributed by atoms with Gasteiger partial charge in [-0.15, -0.1) is 0 Å². The Morgan fingerprint density at radius 3 is 2.56 bits per heavy atom. The van der Waals surface area contributed by atoms with Crippen molar-refractivity contribution >= 4 is 33.4 Å². The molecule has 25 heavy (non-hydrogen) atoms. The van der Waals surface area contributed by atoms with E-state index in [4.69, 9.17) is 0 Å². The van der Waals surface area contributed by atoms with Crippen molar-refractivity contribution < 1.29 is 9.59 Å². The Bertz CT molecular complexity index is 752. The number of halogens is 1. The van der Waals surface area contributed by atoms with Crippen molar-refractivity contribution in [3.05, 3.63) is 28.8 Å². The van der Waals surface area contributed by atoms with E-state index < -0.39 is 6.04 Å². The van der Waals surface area contributed by atoms with Crippen LogP contribution in [0.5, 0.6) is 0 Å². The van der Waals surface area contributed by atoms with Crippen LogP contribution in [0, 0.1) is 5.92 Å². The van der Waals surface area contributed by atoms with E-state index in [2.05, 4.69) is 36.8 Å². The number of carbonyl (C=O) groups excluding carboxylic acids is 2. The number of aromatic nitrogens is 4. The van der Waals surface area contributed by atoms with E-state index in [9.17, 15) is 9.59 Å². The second kappa shape index (κ2) is 8.28. The maximum absolute atomic E-state index is 12.6. The lowest BCUT2D eigenvalue weighted by atomic mass is 10.2. The van der Waals surface area contributed by atoms with E-state index in [1.54, 1.807) is 24.1 Å². The molecule has 0 aliphatic carbocycles. The summed E-state index contributed by atoms with van der Waals surface area (Å²) in [4.78, 5) is 25.0. The zero-order valence-electron chi connectivity index (χ0n) is 14.8. The van der Waals surface area contributed by atoms with Crippen LogP contribution < -0.4 is 10.6 Å². The molecule has 0 aliphatic rings. The van der Waals surface area contributed by atoms with E-state index >= 15 is 0 Å². The lowest BCUT2D eigenvalue weighted by Crippen LogP contribution is -2.31. The third kappa shape index (κ3) is 4.68. The first kappa shape index (κ1) is 19.2. The van der Waals surface area contributed by atoms with Gasteiger partial charge in [0.2, 0.25) is 5.91 Å². The molecular weight excluding hydrogens is 388 g/mol. The number of nitrogens with zero attached hydrogens (tertiary/aromatic N) is 4. The van der Waals surface area contributed by atoms with Gasteiger partial charge in [-0.3, -0.25) is 19.0 Å². The Balaban J connectivity index is 2.16. The Morgan fingerprint density at radius 1 is 1.28 bits per heavy atom. The van der Waals surface area contributed by atoms with Gasteiger partial charge < -0.3 is 10.6 Å². The molecule has 136 valence electrons. The van der Waals surface area contributed by atoms with Gasteiger partial charge in [0.15, 0.2) is 0 Å². The topological polar surface area (TPSA) is 93.8 Å². The summed E-state index contributed by atoms with van der Waals surface area (Å²) < 4.78 is 3.85. The molecule has 0 saturated heterocycles. The van der Waals surface area contributed by atoms with Crippen LogP contribution in [0.1, 0.15) is 43.7 Å². The molecule has 0 aromatic carbocycles. The fourth-order valence-electron chi connectivity index (χ4n) is 2.37. The lowest BCUT2D eigenvalue weighted by Gasteiger charge is -2.16. The number of hydrogen-bond donors (Lipinski definition) is 2. The Hall–Kier alpha value is -2.16. The monoisotopic (exact) mass is 410 g/mol. The molecule has 2 N–H and O–H groups in total. The van der Waals surface area contributed by atoms with Gasteiger partial charge >= 0.3 is 0 Å². The second-order valence-electron chi connectivity index (χ2n) is 6.19. The van der Waals surface area contributed by atoms with Crippen LogP contribution in [0.2, 0.25) is 0 Å². The highest BCUT2D eigenvalue weighted by Crippen LogP contribution is 2.20. The molecule has 2 aromatic heterocycles. The van der Waals surface area contributed by atoms with Crippen molar-refractivity contribution in [2.45, 2.75) is 33.2 Å². The van der Waals surface area contributed by atoms with Gasteiger partial charge in [0.25, 0.3) is 5.91 Å². The maximum atomic E-state index is 12.6. The molecule has 0 spiro atoms. The van der Waals surface area contributed by atoms with Gasteiger partial charge in [0.05, 0.1) is 22.6 Å². The zero-order valence-corrected chi connectivity index (χ0v) is 16.4. The fourth-order valence-corrected chi connectivity index (χ4v) is 2.67. The first-order chi connectivity index (χ1) is 11.8. The number of carbonyl (C=O) groups is 2. The van der Waals surface area contributed by atoms with Gasteiger partial charge in [-0.25, -0.2) is 0 Å². The molecule has 2 amide bonds. The number of rotatable bonds is 7. The molecule has 1 unspecified atom stereocenters.